The van der Waals surface area contributed by atoms with E-state index < -0.39 is 0 Å². The Bertz CT molecular complexity index is 664. The van der Waals surface area contributed by atoms with Crippen molar-refractivity contribution in [2.24, 2.45) is 0 Å². The number of hydrogen-bond donors (Lipinski definition) is 2. The normalized spacial score (nSPS) is 10.2. The molecule has 120 valence electrons. The van der Waals surface area contributed by atoms with Gasteiger partial charge in [-0.1, -0.05) is 19.1 Å². The number of pyridine rings is 1. The maximum atomic E-state index is 12.0. The second kappa shape index (κ2) is 8.08. The van der Waals surface area contributed by atoms with Crippen LogP contribution in [0.25, 0.3) is 0 Å². The Morgan fingerprint density at radius 2 is 1.48 bits per heavy atom. The Morgan fingerprint density at radius 1 is 0.913 bits per heavy atom. The van der Waals surface area contributed by atoms with Crippen LogP contribution in [-0.2, 0) is 6.42 Å². The fourth-order valence-corrected chi connectivity index (χ4v) is 2.05. The van der Waals surface area contributed by atoms with Crippen molar-refractivity contribution in [1.82, 2.24) is 15.6 Å². The molecule has 0 unspecified atom stereocenters. The molecule has 2 rings (SSSR count). The summed E-state index contributed by atoms with van der Waals surface area (Å²) in [6, 6.07) is 11.0. The highest BCUT2D eigenvalue weighted by Gasteiger charge is 2.07. The van der Waals surface area contributed by atoms with Crippen molar-refractivity contribution in [2.75, 3.05) is 13.1 Å². The average molecular weight is 311 g/mol. The molecule has 0 fully saturated rings. The zero-order valence-electron chi connectivity index (χ0n) is 13.4. The van der Waals surface area contributed by atoms with E-state index in [-0.39, 0.29) is 11.8 Å². The van der Waals surface area contributed by atoms with Gasteiger partial charge in [0.1, 0.15) is 0 Å². The number of aryl methyl sites for hydroxylation is 2. The molecule has 0 bridgehead atoms. The van der Waals surface area contributed by atoms with Crippen LogP contribution in [0.5, 0.6) is 0 Å². The van der Waals surface area contributed by atoms with E-state index in [2.05, 4.69) is 22.5 Å². The minimum Gasteiger partial charge on any atom is -0.350 e. The minimum absolute atomic E-state index is 0.140. The molecule has 0 aliphatic carbocycles. The molecule has 0 aliphatic rings. The van der Waals surface area contributed by atoms with E-state index in [4.69, 9.17) is 0 Å². The van der Waals surface area contributed by atoms with Crippen LogP contribution in [0.3, 0.4) is 0 Å². The van der Waals surface area contributed by atoms with Crippen molar-refractivity contribution < 1.29 is 9.59 Å². The summed E-state index contributed by atoms with van der Waals surface area (Å²) in [5, 5.41) is 5.53. The number of carbonyl (C=O) groups excluding carboxylic acids is 2. The number of carbonyl (C=O) groups is 2. The molecule has 5 heteroatoms. The summed E-state index contributed by atoms with van der Waals surface area (Å²) in [6.45, 7) is 4.68. The van der Waals surface area contributed by atoms with Gasteiger partial charge in [0.25, 0.3) is 11.8 Å². The van der Waals surface area contributed by atoms with Crippen molar-refractivity contribution >= 4 is 11.8 Å². The van der Waals surface area contributed by atoms with Crippen LogP contribution < -0.4 is 10.6 Å². The summed E-state index contributed by atoms with van der Waals surface area (Å²) in [4.78, 5) is 27.9. The second-order valence-electron chi connectivity index (χ2n) is 5.25. The number of hydrogen-bond acceptors (Lipinski definition) is 3. The molecule has 0 atom stereocenters. The molecule has 0 spiro atoms. The summed E-state index contributed by atoms with van der Waals surface area (Å²) in [5.41, 5.74) is 3.19. The third-order valence-electron chi connectivity index (χ3n) is 3.49. The molecule has 1 aromatic carbocycles. The maximum Gasteiger partial charge on any atom is 0.252 e. The summed E-state index contributed by atoms with van der Waals surface area (Å²) in [7, 11) is 0. The van der Waals surface area contributed by atoms with Crippen molar-refractivity contribution in [3.63, 3.8) is 0 Å². The number of rotatable bonds is 6. The Labute approximate surface area is 136 Å². The van der Waals surface area contributed by atoms with E-state index in [0.29, 0.717) is 24.2 Å². The van der Waals surface area contributed by atoms with Gasteiger partial charge >= 0.3 is 0 Å². The van der Waals surface area contributed by atoms with E-state index in [9.17, 15) is 9.59 Å². The lowest BCUT2D eigenvalue weighted by Crippen LogP contribution is -2.34. The molecule has 0 aliphatic heterocycles. The fourth-order valence-electron chi connectivity index (χ4n) is 2.05. The zero-order valence-corrected chi connectivity index (χ0v) is 13.4. The monoisotopic (exact) mass is 311 g/mol. The van der Waals surface area contributed by atoms with E-state index in [1.807, 2.05) is 31.2 Å². The average Bonchev–Trinajstić information content (AvgIpc) is 2.59. The largest absolute Gasteiger partial charge is 0.350 e. The molecule has 0 saturated heterocycles. The minimum atomic E-state index is -0.195. The number of benzene rings is 1. The van der Waals surface area contributed by atoms with Crippen LogP contribution in [0.4, 0.5) is 0 Å². The molecule has 2 N–H and O–H groups in total. The fraction of sp³-hybridized carbons (Fsp3) is 0.278. The molecule has 0 saturated carbocycles. The highest BCUT2D eigenvalue weighted by atomic mass is 16.2. The smallest absolute Gasteiger partial charge is 0.252 e. The van der Waals surface area contributed by atoms with E-state index in [0.717, 1.165) is 12.1 Å². The van der Waals surface area contributed by atoms with Gasteiger partial charge < -0.3 is 10.6 Å². The summed E-state index contributed by atoms with van der Waals surface area (Å²) >= 11 is 0. The molecule has 2 aromatic rings. The highest BCUT2D eigenvalue weighted by Crippen LogP contribution is 2.04. The number of nitrogens with zero attached hydrogens (tertiary/aromatic N) is 1. The SMILES string of the molecule is CCc1ccc(C(=O)NCCNC(=O)c2ccc(C)nc2)cc1. The third kappa shape index (κ3) is 4.92. The summed E-state index contributed by atoms with van der Waals surface area (Å²) in [5.74, 6) is -0.335. The molecular weight excluding hydrogens is 290 g/mol. The van der Waals surface area contributed by atoms with Gasteiger partial charge in [0.15, 0.2) is 0 Å². The lowest BCUT2D eigenvalue weighted by atomic mass is 10.1. The lowest BCUT2D eigenvalue weighted by molar-refractivity contribution is 0.0927. The van der Waals surface area contributed by atoms with Crippen molar-refractivity contribution in [3.8, 4) is 0 Å². The number of amides is 2. The Balaban J connectivity index is 1.75. The van der Waals surface area contributed by atoms with E-state index in [1.54, 1.807) is 18.3 Å². The first kappa shape index (κ1) is 16.7. The topological polar surface area (TPSA) is 71.1 Å². The molecular formula is C18H21N3O2. The van der Waals surface area contributed by atoms with Crippen LogP contribution >= 0.6 is 0 Å². The van der Waals surface area contributed by atoms with Crippen LogP contribution in [-0.4, -0.2) is 29.9 Å². The molecule has 0 radical (unpaired) electrons. The Morgan fingerprint density at radius 3 is 2.00 bits per heavy atom. The molecule has 2 amide bonds. The van der Waals surface area contributed by atoms with Crippen molar-refractivity contribution in [2.45, 2.75) is 20.3 Å². The van der Waals surface area contributed by atoms with Gasteiger partial charge in [-0.05, 0) is 43.2 Å². The van der Waals surface area contributed by atoms with E-state index >= 15 is 0 Å². The predicted molar refractivity (Wildman–Crippen MR) is 89.5 cm³/mol. The second-order valence-corrected chi connectivity index (χ2v) is 5.25. The number of nitrogens with one attached hydrogen (secondary N) is 2. The molecule has 1 heterocycles. The van der Waals surface area contributed by atoms with Crippen LogP contribution in [0.2, 0.25) is 0 Å². The standard InChI is InChI=1S/C18H21N3O2/c1-3-14-5-8-15(9-6-14)17(22)19-10-11-20-18(23)16-7-4-13(2)21-12-16/h4-9,12H,3,10-11H2,1-2H3,(H,19,22)(H,20,23). The van der Waals surface area contributed by atoms with Crippen LogP contribution in [0.1, 0.15) is 38.9 Å². The van der Waals surface area contributed by atoms with Crippen molar-refractivity contribution in [3.05, 3.63) is 65.0 Å². The highest BCUT2D eigenvalue weighted by molar-refractivity contribution is 5.95. The van der Waals surface area contributed by atoms with E-state index in [1.165, 1.54) is 5.56 Å². The summed E-state index contributed by atoms with van der Waals surface area (Å²) in [6.07, 6.45) is 2.49. The molecule has 1 aromatic heterocycles. The lowest BCUT2D eigenvalue weighted by Gasteiger charge is -2.08. The van der Waals surface area contributed by atoms with Gasteiger partial charge in [-0.25, -0.2) is 0 Å². The number of aromatic nitrogens is 1. The molecule has 23 heavy (non-hydrogen) atoms. The summed E-state index contributed by atoms with van der Waals surface area (Å²) < 4.78 is 0. The first-order valence-electron chi connectivity index (χ1n) is 7.68. The first-order valence-corrected chi connectivity index (χ1v) is 7.68. The van der Waals surface area contributed by atoms with Crippen LogP contribution in [0, 0.1) is 6.92 Å². The zero-order chi connectivity index (χ0) is 16.7. The van der Waals surface area contributed by atoms with Gasteiger partial charge in [0, 0.05) is 30.5 Å². The first-order chi connectivity index (χ1) is 11.1. The van der Waals surface area contributed by atoms with Gasteiger partial charge in [-0.3, -0.25) is 14.6 Å². The maximum absolute atomic E-state index is 12.0. The predicted octanol–water partition coefficient (Wildman–Crippen LogP) is 2.11. The molecule has 5 nitrogen and oxygen atoms in total. The van der Waals surface area contributed by atoms with Gasteiger partial charge in [0.05, 0.1) is 5.56 Å². The van der Waals surface area contributed by atoms with Gasteiger partial charge in [-0.2, -0.15) is 0 Å². The Hall–Kier alpha value is -2.69. The van der Waals surface area contributed by atoms with Crippen molar-refractivity contribution in [1.29, 1.82) is 0 Å². The van der Waals surface area contributed by atoms with Gasteiger partial charge in [-0.15, -0.1) is 0 Å². The Kier molecular flexibility index (Phi) is 5.86. The van der Waals surface area contributed by atoms with Crippen LogP contribution in [0.15, 0.2) is 42.6 Å². The van der Waals surface area contributed by atoms with Gasteiger partial charge in [0.2, 0.25) is 0 Å². The third-order valence-corrected chi connectivity index (χ3v) is 3.49. The quantitative estimate of drug-likeness (QED) is 0.803.